The van der Waals surface area contributed by atoms with Gasteiger partial charge < -0.3 is 10.1 Å². The van der Waals surface area contributed by atoms with Crippen molar-refractivity contribution in [2.24, 2.45) is 11.8 Å². The first-order valence-electron chi connectivity index (χ1n) is 7.17. The van der Waals surface area contributed by atoms with E-state index in [2.05, 4.69) is 12.4 Å². The van der Waals surface area contributed by atoms with Crippen LogP contribution in [-0.2, 0) is 4.74 Å². The highest BCUT2D eigenvalue weighted by molar-refractivity contribution is 4.84. The van der Waals surface area contributed by atoms with Gasteiger partial charge >= 0.3 is 0 Å². The summed E-state index contributed by atoms with van der Waals surface area (Å²) < 4.78 is 5.48. The summed E-state index contributed by atoms with van der Waals surface area (Å²) in [5.74, 6) is 1.79. The van der Waals surface area contributed by atoms with Crippen LogP contribution in [0.2, 0.25) is 0 Å². The van der Waals surface area contributed by atoms with Crippen molar-refractivity contribution in [1.29, 1.82) is 0 Å². The lowest BCUT2D eigenvalue weighted by Gasteiger charge is -2.35. The number of hydrogen-bond donors (Lipinski definition) is 1. The number of nitrogens with one attached hydrogen (secondary N) is 1. The molecule has 2 heteroatoms. The maximum absolute atomic E-state index is 5.48. The Bertz CT molecular complexity index is 181. The van der Waals surface area contributed by atoms with E-state index in [4.69, 9.17) is 4.74 Å². The van der Waals surface area contributed by atoms with Crippen molar-refractivity contribution in [3.63, 3.8) is 0 Å². The molecule has 2 rings (SSSR count). The first kappa shape index (κ1) is 12.4. The van der Waals surface area contributed by atoms with Crippen LogP contribution in [0, 0.1) is 11.8 Å². The lowest BCUT2D eigenvalue weighted by molar-refractivity contribution is 0.0443. The van der Waals surface area contributed by atoms with Gasteiger partial charge in [0.2, 0.25) is 0 Å². The quantitative estimate of drug-likeness (QED) is 0.746. The Morgan fingerprint density at radius 1 is 0.875 bits per heavy atom. The molecule has 0 amide bonds. The van der Waals surface area contributed by atoms with Crippen molar-refractivity contribution in [2.45, 2.75) is 57.4 Å². The average molecular weight is 225 g/mol. The van der Waals surface area contributed by atoms with E-state index in [1.54, 1.807) is 0 Å². The second-order valence-corrected chi connectivity index (χ2v) is 5.52. The van der Waals surface area contributed by atoms with Crippen LogP contribution in [0.25, 0.3) is 0 Å². The van der Waals surface area contributed by atoms with Crippen LogP contribution >= 0.6 is 0 Å². The minimum atomic E-state index is 0.752. The summed E-state index contributed by atoms with van der Waals surface area (Å²) in [7, 11) is 2.16. The van der Waals surface area contributed by atoms with Crippen LogP contribution in [0.4, 0.5) is 0 Å². The molecule has 1 heterocycles. The van der Waals surface area contributed by atoms with Crippen LogP contribution in [0.3, 0.4) is 0 Å². The molecule has 2 fully saturated rings. The number of hydrogen-bond acceptors (Lipinski definition) is 2. The molecule has 1 unspecified atom stereocenters. The monoisotopic (exact) mass is 225 g/mol. The summed E-state index contributed by atoms with van der Waals surface area (Å²) in [4.78, 5) is 0. The molecule has 0 spiro atoms. The van der Waals surface area contributed by atoms with E-state index in [9.17, 15) is 0 Å². The molecule has 0 aromatic heterocycles. The van der Waals surface area contributed by atoms with E-state index in [1.165, 1.54) is 51.4 Å². The molecular formula is C14H27NO. The zero-order valence-electron chi connectivity index (χ0n) is 10.7. The third kappa shape index (κ3) is 3.21. The van der Waals surface area contributed by atoms with E-state index in [1.807, 2.05) is 0 Å². The summed E-state index contributed by atoms with van der Waals surface area (Å²) in [6.45, 7) is 1.96. The molecule has 94 valence electrons. The van der Waals surface area contributed by atoms with E-state index in [0.717, 1.165) is 31.1 Å². The summed E-state index contributed by atoms with van der Waals surface area (Å²) >= 11 is 0. The van der Waals surface area contributed by atoms with Gasteiger partial charge in [-0.25, -0.2) is 0 Å². The lowest BCUT2D eigenvalue weighted by atomic mass is 9.80. The lowest BCUT2D eigenvalue weighted by Crippen LogP contribution is -2.42. The highest BCUT2D eigenvalue weighted by Gasteiger charge is 2.29. The Balaban J connectivity index is 1.90. The van der Waals surface area contributed by atoms with E-state index in [0.29, 0.717) is 0 Å². The van der Waals surface area contributed by atoms with E-state index in [-0.39, 0.29) is 0 Å². The van der Waals surface area contributed by atoms with Crippen LogP contribution in [0.15, 0.2) is 0 Å². The van der Waals surface area contributed by atoms with Gasteiger partial charge in [0, 0.05) is 19.3 Å². The fraction of sp³-hybridized carbons (Fsp3) is 1.00. The van der Waals surface area contributed by atoms with Crippen molar-refractivity contribution in [2.75, 3.05) is 20.3 Å². The van der Waals surface area contributed by atoms with Gasteiger partial charge in [-0.05, 0) is 44.6 Å². The van der Waals surface area contributed by atoms with Gasteiger partial charge in [0.1, 0.15) is 0 Å². The number of ether oxygens (including phenoxy) is 1. The van der Waals surface area contributed by atoms with Crippen molar-refractivity contribution < 1.29 is 4.74 Å². The Labute approximate surface area is 100 Å². The maximum atomic E-state index is 5.48. The van der Waals surface area contributed by atoms with Gasteiger partial charge in [-0.3, -0.25) is 0 Å². The van der Waals surface area contributed by atoms with Gasteiger partial charge in [0.25, 0.3) is 0 Å². The van der Waals surface area contributed by atoms with Gasteiger partial charge in [0.05, 0.1) is 0 Å². The molecule has 0 aromatic rings. The highest BCUT2D eigenvalue weighted by Crippen LogP contribution is 2.32. The molecule has 0 radical (unpaired) electrons. The molecule has 1 saturated heterocycles. The van der Waals surface area contributed by atoms with Crippen LogP contribution in [0.1, 0.15) is 51.4 Å². The topological polar surface area (TPSA) is 21.3 Å². The predicted molar refractivity (Wildman–Crippen MR) is 67.6 cm³/mol. The molecular weight excluding hydrogens is 198 g/mol. The fourth-order valence-electron chi connectivity index (χ4n) is 3.60. The Morgan fingerprint density at radius 2 is 1.44 bits per heavy atom. The summed E-state index contributed by atoms with van der Waals surface area (Å²) in [6.07, 6.45) is 11.2. The van der Waals surface area contributed by atoms with E-state index >= 15 is 0 Å². The molecule has 1 saturated carbocycles. The predicted octanol–water partition coefficient (Wildman–Crippen LogP) is 2.97. The molecule has 0 aromatic carbocycles. The molecule has 1 N–H and O–H groups in total. The maximum Gasteiger partial charge on any atom is 0.0469 e. The zero-order chi connectivity index (χ0) is 11.2. The minimum absolute atomic E-state index is 0.752. The first-order chi connectivity index (χ1) is 7.92. The SMILES string of the molecule is CNC(C1CCCCCC1)C1CCOCC1. The summed E-state index contributed by atoms with van der Waals surface area (Å²) in [5, 5.41) is 3.61. The van der Waals surface area contributed by atoms with Crippen molar-refractivity contribution in [3.8, 4) is 0 Å². The molecule has 1 aliphatic heterocycles. The Morgan fingerprint density at radius 3 is 2.00 bits per heavy atom. The van der Waals surface area contributed by atoms with Crippen LogP contribution in [0.5, 0.6) is 0 Å². The molecule has 2 nitrogen and oxygen atoms in total. The van der Waals surface area contributed by atoms with Crippen LogP contribution in [-0.4, -0.2) is 26.3 Å². The zero-order valence-corrected chi connectivity index (χ0v) is 10.7. The first-order valence-corrected chi connectivity index (χ1v) is 7.17. The van der Waals surface area contributed by atoms with Gasteiger partial charge in [-0.2, -0.15) is 0 Å². The van der Waals surface area contributed by atoms with E-state index < -0.39 is 0 Å². The fourth-order valence-corrected chi connectivity index (χ4v) is 3.60. The molecule has 0 bridgehead atoms. The van der Waals surface area contributed by atoms with Gasteiger partial charge in [0.15, 0.2) is 0 Å². The molecule has 1 atom stereocenters. The van der Waals surface area contributed by atoms with Crippen molar-refractivity contribution >= 4 is 0 Å². The van der Waals surface area contributed by atoms with Gasteiger partial charge in [-0.1, -0.05) is 25.7 Å². The van der Waals surface area contributed by atoms with Crippen LogP contribution < -0.4 is 5.32 Å². The Hall–Kier alpha value is -0.0800. The Kier molecular flexibility index (Phi) is 5.11. The normalized spacial score (nSPS) is 27.6. The van der Waals surface area contributed by atoms with Crippen molar-refractivity contribution in [1.82, 2.24) is 5.32 Å². The largest absolute Gasteiger partial charge is 0.381 e. The number of rotatable bonds is 3. The smallest absolute Gasteiger partial charge is 0.0469 e. The average Bonchev–Trinajstić information content (AvgIpc) is 2.61. The molecule has 16 heavy (non-hydrogen) atoms. The molecule has 2 aliphatic rings. The standard InChI is InChI=1S/C14H27NO/c1-15-14(13-8-10-16-11-9-13)12-6-4-2-3-5-7-12/h12-15H,2-11H2,1H3. The highest BCUT2D eigenvalue weighted by atomic mass is 16.5. The summed E-state index contributed by atoms with van der Waals surface area (Å²) in [6, 6.07) is 0.752. The summed E-state index contributed by atoms with van der Waals surface area (Å²) in [5.41, 5.74) is 0. The molecule has 1 aliphatic carbocycles. The second kappa shape index (κ2) is 6.61. The van der Waals surface area contributed by atoms with Gasteiger partial charge in [-0.15, -0.1) is 0 Å². The second-order valence-electron chi connectivity index (χ2n) is 5.52. The third-order valence-electron chi connectivity index (χ3n) is 4.51. The third-order valence-corrected chi connectivity index (χ3v) is 4.51. The minimum Gasteiger partial charge on any atom is -0.381 e. The van der Waals surface area contributed by atoms with Crippen molar-refractivity contribution in [3.05, 3.63) is 0 Å².